The van der Waals surface area contributed by atoms with Gasteiger partial charge >= 0.3 is 5.97 Å². The van der Waals surface area contributed by atoms with Crippen molar-refractivity contribution in [2.75, 3.05) is 12.3 Å². The molecular weight excluding hydrogens is 324 g/mol. The van der Waals surface area contributed by atoms with Gasteiger partial charge in [-0.25, -0.2) is 4.79 Å². The fraction of sp³-hybridized carbons (Fsp3) is 0.429. The van der Waals surface area contributed by atoms with E-state index in [2.05, 4.69) is 21.2 Å². The van der Waals surface area contributed by atoms with Crippen molar-refractivity contribution in [3.8, 4) is 0 Å². The van der Waals surface area contributed by atoms with Gasteiger partial charge in [-0.1, -0.05) is 19.9 Å². The van der Waals surface area contributed by atoms with Crippen LogP contribution in [0, 0.1) is 0 Å². The van der Waals surface area contributed by atoms with Gasteiger partial charge in [-0.05, 0) is 40.9 Å². The molecule has 20 heavy (non-hydrogen) atoms. The Bertz CT molecular complexity index is 487. The molecule has 1 aromatic carbocycles. The van der Waals surface area contributed by atoms with Crippen molar-refractivity contribution < 1.29 is 14.3 Å². The molecular formula is C14H19BrN2O3. The number of nitrogens with two attached hydrogens (primary N) is 1. The lowest BCUT2D eigenvalue weighted by atomic mass is 10.2. The maximum absolute atomic E-state index is 11.9. The summed E-state index contributed by atoms with van der Waals surface area (Å²) in [4.78, 5) is 23.5. The molecule has 0 saturated heterocycles. The molecule has 0 aliphatic carbocycles. The quantitative estimate of drug-likeness (QED) is 0.614. The summed E-state index contributed by atoms with van der Waals surface area (Å²) in [7, 11) is 0. The van der Waals surface area contributed by atoms with Crippen LogP contribution < -0.4 is 11.1 Å². The highest BCUT2D eigenvalue weighted by Gasteiger charge is 2.15. The number of esters is 1. The second kappa shape index (κ2) is 7.89. The summed E-state index contributed by atoms with van der Waals surface area (Å²) < 4.78 is 5.46. The van der Waals surface area contributed by atoms with E-state index in [9.17, 15) is 9.59 Å². The number of halogens is 1. The summed E-state index contributed by atoms with van der Waals surface area (Å²) in [6.07, 6.45) is 1.69. The van der Waals surface area contributed by atoms with E-state index >= 15 is 0 Å². The van der Waals surface area contributed by atoms with Gasteiger partial charge in [-0.15, -0.1) is 0 Å². The van der Waals surface area contributed by atoms with E-state index in [1.165, 1.54) is 0 Å². The minimum atomic E-state index is -0.580. The van der Waals surface area contributed by atoms with Crippen molar-refractivity contribution >= 4 is 33.5 Å². The van der Waals surface area contributed by atoms with Crippen LogP contribution in [0.1, 0.15) is 37.0 Å². The molecule has 3 N–H and O–H groups in total. The third-order valence-electron chi connectivity index (χ3n) is 2.93. The van der Waals surface area contributed by atoms with Gasteiger partial charge in [0.15, 0.2) is 6.61 Å². The summed E-state index contributed by atoms with van der Waals surface area (Å²) >= 11 is 3.22. The molecule has 0 aromatic heterocycles. The molecule has 0 heterocycles. The summed E-state index contributed by atoms with van der Waals surface area (Å²) in [5, 5.41) is 2.80. The lowest BCUT2D eigenvalue weighted by Crippen LogP contribution is -2.36. The second-order valence-electron chi connectivity index (χ2n) is 4.37. The lowest BCUT2D eigenvalue weighted by Gasteiger charge is -2.14. The molecule has 0 radical (unpaired) electrons. The van der Waals surface area contributed by atoms with Crippen LogP contribution in [0.3, 0.4) is 0 Å². The van der Waals surface area contributed by atoms with Crippen molar-refractivity contribution in [3.05, 3.63) is 28.2 Å². The Hall–Kier alpha value is -1.56. The SMILES string of the molecule is CCC(CC)NC(=O)COC(=O)c1cccc(N)c1Br. The molecule has 0 fully saturated rings. The third-order valence-corrected chi connectivity index (χ3v) is 3.82. The number of rotatable bonds is 6. The molecule has 0 aliphatic heterocycles. The fourth-order valence-electron chi connectivity index (χ4n) is 1.68. The van der Waals surface area contributed by atoms with Gasteiger partial charge < -0.3 is 15.8 Å². The predicted molar refractivity (Wildman–Crippen MR) is 81.3 cm³/mol. The van der Waals surface area contributed by atoms with Crippen LogP contribution in [0.2, 0.25) is 0 Å². The molecule has 1 amide bonds. The zero-order chi connectivity index (χ0) is 15.1. The van der Waals surface area contributed by atoms with Gasteiger partial charge in [0.1, 0.15) is 0 Å². The first-order valence-corrected chi connectivity index (χ1v) is 7.29. The van der Waals surface area contributed by atoms with Crippen molar-refractivity contribution in [1.29, 1.82) is 0 Å². The molecule has 0 aliphatic rings. The number of hydrogen-bond acceptors (Lipinski definition) is 4. The van der Waals surface area contributed by atoms with Crippen LogP contribution in [-0.2, 0) is 9.53 Å². The number of carbonyl (C=O) groups excluding carboxylic acids is 2. The first-order valence-electron chi connectivity index (χ1n) is 6.50. The lowest BCUT2D eigenvalue weighted by molar-refractivity contribution is -0.125. The van der Waals surface area contributed by atoms with Crippen LogP contribution in [-0.4, -0.2) is 24.5 Å². The molecule has 5 nitrogen and oxygen atoms in total. The van der Waals surface area contributed by atoms with Crippen LogP contribution >= 0.6 is 15.9 Å². The van der Waals surface area contributed by atoms with Crippen molar-refractivity contribution in [1.82, 2.24) is 5.32 Å². The van der Waals surface area contributed by atoms with Crippen LogP contribution in [0.4, 0.5) is 5.69 Å². The molecule has 0 spiro atoms. The summed E-state index contributed by atoms with van der Waals surface area (Å²) in [6, 6.07) is 5.02. The molecule has 1 rings (SSSR count). The Morgan fingerprint density at radius 1 is 1.35 bits per heavy atom. The third kappa shape index (κ3) is 4.52. The highest BCUT2D eigenvalue weighted by atomic mass is 79.9. The van der Waals surface area contributed by atoms with E-state index in [0.717, 1.165) is 12.8 Å². The Kier molecular flexibility index (Phi) is 6.51. The monoisotopic (exact) mass is 342 g/mol. The van der Waals surface area contributed by atoms with Gasteiger partial charge in [-0.3, -0.25) is 4.79 Å². The van der Waals surface area contributed by atoms with Gasteiger partial charge in [0.25, 0.3) is 5.91 Å². The van der Waals surface area contributed by atoms with Gasteiger partial charge in [0, 0.05) is 11.7 Å². The van der Waals surface area contributed by atoms with E-state index in [4.69, 9.17) is 10.5 Å². The average Bonchev–Trinajstić information content (AvgIpc) is 2.45. The Morgan fingerprint density at radius 2 is 2.00 bits per heavy atom. The Morgan fingerprint density at radius 3 is 2.60 bits per heavy atom. The van der Waals surface area contributed by atoms with Crippen molar-refractivity contribution in [3.63, 3.8) is 0 Å². The van der Waals surface area contributed by atoms with E-state index in [0.29, 0.717) is 15.7 Å². The second-order valence-corrected chi connectivity index (χ2v) is 5.16. The standard InChI is InChI=1S/C14H19BrN2O3/c1-3-9(4-2)17-12(18)8-20-14(19)10-6-5-7-11(16)13(10)15/h5-7,9H,3-4,8,16H2,1-2H3,(H,17,18). The number of carbonyl (C=O) groups is 2. The van der Waals surface area contributed by atoms with E-state index in [1.54, 1.807) is 18.2 Å². The first kappa shape index (κ1) is 16.5. The van der Waals surface area contributed by atoms with E-state index < -0.39 is 5.97 Å². The number of nitrogens with one attached hydrogen (secondary N) is 1. The molecule has 0 atom stereocenters. The normalized spacial score (nSPS) is 10.4. The largest absolute Gasteiger partial charge is 0.452 e. The van der Waals surface area contributed by atoms with E-state index in [1.807, 2.05) is 13.8 Å². The summed E-state index contributed by atoms with van der Waals surface area (Å²) in [5.41, 5.74) is 6.43. The van der Waals surface area contributed by atoms with Gasteiger partial charge in [-0.2, -0.15) is 0 Å². The van der Waals surface area contributed by atoms with Gasteiger partial charge in [0.05, 0.1) is 10.0 Å². The number of nitrogen functional groups attached to an aromatic ring is 1. The topological polar surface area (TPSA) is 81.4 Å². The minimum Gasteiger partial charge on any atom is -0.452 e. The fourth-order valence-corrected chi connectivity index (χ4v) is 2.10. The van der Waals surface area contributed by atoms with Crippen LogP contribution in [0.15, 0.2) is 22.7 Å². The number of amides is 1. The van der Waals surface area contributed by atoms with Crippen LogP contribution in [0.5, 0.6) is 0 Å². The maximum Gasteiger partial charge on any atom is 0.339 e. The smallest absolute Gasteiger partial charge is 0.339 e. The van der Waals surface area contributed by atoms with Crippen molar-refractivity contribution in [2.45, 2.75) is 32.7 Å². The molecule has 0 bridgehead atoms. The molecule has 6 heteroatoms. The minimum absolute atomic E-state index is 0.111. The molecule has 110 valence electrons. The summed E-state index contributed by atoms with van der Waals surface area (Å²) in [6.45, 7) is 3.69. The number of ether oxygens (including phenoxy) is 1. The van der Waals surface area contributed by atoms with E-state index in [-0.39, 0.29) is 18.6 Å². The average molecular weight is 343 g/mol. The first-order chi connectivity index (χ1) is 9.49. The van der Waals surface area contributed by atoms with Crippen LogP contribution in [0.25, 0.3) is 0 Å². The molecule has 0 unspecified atom stereocenters. The highest BCUT2D eigenvalue weighted by Crippen LogP contribution is 2.24. The number of hydrogen-bond donors (Lipinski definition) is 2. The predicted octanol–water partition coefficient (Wildman–Crippen LogP) is 2.49. The molecule has 0 saturated carbocycles. The Balaban J connectivity index is 2.55. The maximum atomic E-state index is 11.9. The highest BCUT2D eigenvalue weighted by molar-refractivity contribution is 9.10. The number of anilines is 1. The van der Waals surface area contributed by atoms with Crippen molar-refractivity contribution in [2.24, 2.45) is 0 Å². The zero-order valence-corrected chi connectivity index (χ0v) is 13.2. The van der Waals surface area contributed by atoms with Gasteiger partial charge in [0.2, 0.25) is 0 Å². The molecule has 1 aromatic rings. The summed E-state index contributed by atoms with van der Waals surface area (Å²) in [5.74, 6) is -0.879. The number of benzene rings is 1. The Labute approximate surface area is 127 Å². The zero-order valence-electron chi connectivity index (χ0n) is 11.6.